The molecule has 0 bridgehead atoms. The molecule has 3 rings (SSSR count). The summed E-state index contributed by atoms with van der Waals surface area (Å²) in [6, 6.07) is 20.8. The van der Waals surface area contributed by atoms with E-state index in [-0.39, 0.29) is 0 Å². The molecule has 1 aliphatic carbocycles. The first-order valence-corrected chi connectivity index (χ1v) is 6.92. The standard InChI is InChI=1S/C19H17N/c1-3-9-16(10-4-1)15-20-19(18-13-7-8-14-18)17-11-5-2-6-12-17/h1-14,18H,15H2. The van der Waals surface area contributed by atoms with Crippen molar-refractivity contribution in [1.82, 2.24) is 0 Å². The maximum Gasteiger partial charge on any atom is 0.0643 e. The van der Waals surface area contributed by atoms with Gasteiger partial charge < -0.3 is 0 Å². The van der Waals surface area contributed by atoms with Crippen LogP contribution < -0.4 is 0 Å². The highest BCUT2D eigenvalue weighted by atomic mass is 14.7. The first-order valence-electron chi connectivity index (χ1n) is 6.92. The van der Waals surface area contributed by atoms with Gasteiger partial charge in [-0.2, -0.15) is 0 Å². The van der Waals surface area contributed by atoms with Crippen LogP contribution in [-0.4, -0.2) is 5.71 Å². The molecule has 0 aliphatic heterocycles. The van der Waals surface area contributed by atoms with Gasteiger partial charge in [0.15, 0.2) is 0 Å². The van der Waals surface area contributed by atoms with E-state index in [1.54, 1.807) is 0 Å². The minimum atomic E-state index is 0.293. The van der Waals surface area contributed by atoms with E-state index >= 15 is 0 Å². The van der Waals surface area contributed by atoms with Crippen molar-refractivity contribution >= 4 is 5.71 Å². The summed E-state index contributed by atoms with van der Waals surface area (Å²) in [5, 5.41) is 0. The predicted molar refractivity (Wildman–Crippen MR) is 84.9 cm³/mol. The maximum absolute atomic E-state index is 4.86. The van der Waals surface area contributed by atoms with Gasteiger partial charge in [-0.1, -0.05) is 85.0 Å². The fourth-order valence-electron chi connectivity index (χ4n) is 2.37. The van der Waals surface area contributed by atoms with Crippen molar-refractivity contribution in [2.75, 3.05) is 0 Å². The van der Waals surface area contributed by atoms with Crippen molar-refractivity contribution < 1.29 is 0 Å². The zero-order valence-corrected chi connectivity index (χ0v) is 11.3. The number of benzene rings is 2. The highest BCUT2D eigenvalue weighted by molar-refractivity contribution is 6.04. The highest BCUT2D eigenvalue weighted by Gasteiger charge is 2.13. The highest BCUT2D eigenvalue weighted by Crippen LogP contribution is 2.18. The summed E-state index contributed by atoms with van der Waals surface area (Å²) in [5.41, 5.74) is 3.58. The molecule has 0 aromatic heterocycles. The third-order valence-corrected chi connectivity index (χ3v) is 3.41. The van der Waals surface area contributed by atoms with Crippen LogP contribution in [0, 0.1) is 5.92 Å². The molecule has 2 aromatic rings. The number of nitrogens with zero attached hydrogens (tertiary/aromatic N) is 1. The molecule has 2 aromatic carbocycles. The third-order valence-electron chi connectivity index (χ3n) is 3.41. The minimum absolute atomic E-state index is 0.293. The molecule has 98 valence electrons. The van der Waals surface area contributed by atoms with Crippen LogP contribution in [0.25, 0.3) is 0 Å². The van der Waals surface area contributed by atoms with Gasteiger partial charge >= 0.3 is 0 Å². The van der Waals surface area contributed by atoms with Gasteiger partial charge in [-0.3, -0.25) is 4.99 Å². The molecule has 0 heterocycles. The average Bonchev–Trinajstić information content (AvgIpc) is 3.04. The smallest absolute Gasteiger partial charge is 0.0643 e. The largest absolute Gasteiger partial charge is 0.283 e. The molecule has 0 atom stereocenters. The number of allylic oxidation sites excluding steroid dienone is 4. The van der Waals surface area contributed by atoms with Crippen molar-refractivity contribution in [2.45, 2.75) is 6.54 Å². The Morgan fingerprint density at radius 1 is 0.800 bits per heavy atom. The summed E-state index contributed by atoms with van der Waals surface area (Å²) in [5.74, 6) is 0.293. The second-order valence-corrected chi connectivity index (χ2v) is 4.85. The van der Waals surface area contributed by atoms with Crippen LogP contribution in [0.5, 0.6) is 0 Å². The van der Waals surface area contributed by atoms with Gasteiger partial charge in [0.25, 0.3) is 0 Å². The average molecular weight is 259 g/mol. The van der Waals surface area contributed by atoms with Crippen molar-refractivity contribution in [3.63, 3.8) is 0 Å². The van der Waals surface area contributed by atoms with E-state index in [9.17, 15) is 0 Å². The van der Waals surface area contributed by atoms with Crippen LogP contribution in [0.4, 0.5) is 0 Å². The van der Waals surface area contributed by atoms with E-state index in [0.717, 1.165) is 12.3 Å². The van der Waals surface area contributed by atoms with E-state index in [2.05, 4.69) is 72.8 Å². The van der Waals surface area contributed by atoms with Crippen molar-refractivity contribution in [3.8, 4) is 0 Å². The molecule has 20 heavy (non-hydrogen) atoms. The van der Waals surface area contributed by atoms with Crippen LogP contribution in [0.3, 0.4) is 0 Å². The second kappa shape index (κ2) is 6.16. The molecular weight excluding hydrogens is 242 g/mol. The molecule has 0 fully saturated rings. The zero-order valence-electron chi connectivity index (χ0n) is 11.3. The van der Waals surface area contributed by atoms with Gasteiger partial charge in [-0.25, -0.2) is 0 Å². The summed E-state index contributed by atoms with van der Waals surface area (Å²) in [6.45, 7) is 0.725. The number of hydrogen-bond donors (Lipinski definition) is 0. The molecule has 0 N–H and O–H groups in total. The Morgan fingerprint density at radius 2 is 1.40 bits per heavy atom. The first-order chi connectivity index (χ1) is 9.93. The van der Waals surface area contributed by atoms with Crippen molar-refractivity contribution in [1.29, 1.82) is 0 Å². The number of hydrogen-bond acceptors (Lipinski definition) is 1. The fraction of sp³-hybridized carbons (Fsp3) is 0.105. The molecule has 1 nitrogen and oxygen atoms in total. The summed E-state index contributed by atoms with van der Waals surface area (Å²) >= 11 is 0. The monoisotopic (exact) mass is 259 g/mol. The van der Waals surface area contributed by atoms with Crippen LogP contribution in [-0.2, 0) is 6.54 Å². The SMILES string of the molecule is C1=CC(C(=NCc2ccccc2)c2ccccc2)C=C1. The van der Waals surface area contributed by atoms with Crippen LogP contribution in [0.1, 0.15) is 11.1 Å². The summed E-state index contributed by atoms with van der Waals surface area (Å²) in [7, 11) is 0. The van der Waals surface area contributed by atoms with Crippen LogP contribution in [0.15, 0.2) is 90.0 Å². The van der Waals surface area contributed by atoms with Crippen LogP contribution >= 0.6 is 0 Å². The normalized spacial score (nSPS) is 14.9. The molecule has 0 unspecified atom stereocenters. The lowest BCUT2D eigenvalue weighted by atomic mass is 9.98. The predicted octanol–water partition coefficient (Wildman–Crippen LogP) is 4.42. The van der Waals surface area contributed by atoms with Gasteiger partial charge in [0.05, 0.1) is 12.3 Å². The van der Waals surface area contributed by atoms with E-state index in [4.69, 9.17) is 4.99 Å². The van der Waals surface area contributed by atoms with E-state index in [0.29, 0.717) is 5.92 Å². The maximum atomic E-state index is 4.86. The van der Waals surface area contributed by atoms with Crippen molar-refractivity contribution in [3.05, 3.63) is 96.1 Å². The lowest BCUT2D eigenvalue weighted by molar-refractivity contribution is 1.02. The van der Waals surface area contributed by atoms with E-state index < -0.39 is 0 Å². The number of rotatable bonds is 4. The topological polar surface area (TPSA) is 12.4 Å². The Balaban J connectivity index is 1.89. The Labute approximate surface area is 120 Å². The molecule has 1 aliphatic rings. The lowest BCUT2D eigenvalue weighted by Gasteiger charge is -2.11. The minimum Gasteiger partial charge on any atom is -0.283 e. The van der Waals surface area contributed by atoms with Gasteiger partial charge in [0.2, 0.25) is 0 Å². The Morgan fingerprint density at radius 3 is 2.05 bits per heavy atom. The quantitative estimate of drug-likeness (QED) is 0.721. The first kappa shape index (κ1) is 12.6. The van der Waals surface area contributed by atoms with Crippen molar-refractivity contribution in [2.24, 2.45) is 10.9 Å². The second-order valence-electron chi connectivity index (χ2n) is 4.85. The van der Waals surface area contributed by atoms with E-state index in [1.165, 1.54) is 11.1 Å². The molecule has 0 radical (unpaired) electrons. The molecule has 0 saturated heterocycles. The fourth-order valence-corrected chi connectivity index (χ4v) is 2.37. The van der Waals surface area contributed by atoms with E-state index in [1.807, 2.05) is 12.1 Å². The van der Waals surface area contributed by atoms with Gasteiger partial charge in [-0.15, -0.1) is 0 Å². The lowest BCUT2D eigenvalue weighted by Crippen LogP contribution is -2.11. The van der Waals surface area contributed by atoms with Gasteiger partial charge in [0.1, 0.15) is 0 Å². The Bertz CT molecular complexity index is 624. The Hall–Kier alpha value is -2.41. The van der Waals surface area contributed by atoms with Gasteiger partial charge in [0, 0.05) is 5.92 Å². The molecule has 0 amide bonds. The number of aliphatic imine (C=N–C) groups is 1. The summed E-state index contributed by atoms with van der Waals surface area (Å²) < 4.78 is 0. The molecule has 0 spiro atoms. The summed E-state index contributed by atoms with van der Waals surface area (Å²) in [4.78, 5) is 4.86. The summed E-state index contributed by atoms with van der Waals surface area (Å²) in [6.07, 6.45) is 8.56. The molecule has 1 heteroatoms. The van der Waals surface area contributed by atoms with Crippen LogP contribution in [0.2, 0.25) is 0 Å². The Kier molecular flexibility index (Phi) is 3.88. The third kappa shape index (κ3) is 2.94. The molecular formula is C19H17N. The molecule has 0 saturated carbocycles. The zero-order chi connectivity index (χ0) is 13.6. The van der Waals surface area contributed by atoms with Gasteiger partial charge in [-0.05, 0) is 11.1 Å².